The Bertz CT molecular complexity index is 1550. The van der Waals surface area contributed by atoms with E-state index in [0.717, 1.165) is 59.9 Å². The van der Waals surface area contributed by atoms with E-state index in [0.29, 0.717) is 11.9 Å². The molecule has 1 N–H and O–H groups in total. The number of fused-ring (bicyclic) bond motifs is 1. The van der Waals surface area contributed by atoms with Crippen LogP contribution in [0, 0.1) is 6.67 Å². The summed E-state index contributed by atoms with van der Waals surface area (Å²) in [6.45, 7) is 5.26. The Hall–Kier alpha value is -4.14. The lowest BCUT2D eigenvalue weighted by Crippen LogP contribution is -2.43. The summed E-state index contributed by atoms with van der Waals surface area (Å²) >= 11 is 1.52. The van der Waals surface area contributed by atoms with E-state index in [2.05, 4.69) is 85.5 Å². The summed E-state index contributed by atoms with van der Waals surface area (Å²) in [4.78, 5) is 15.0. The monoisotopic (exact) mass is 530 g/mol. The van der Waals surface area contributed by atoms with E-state index in [1.54, 1.807) is 11.7 Å². The second kappa shape index (κ2) is 10.6. The van der Waals surface area contributed by atoms with Gasteiger partial charge in [0.25, 0.3) is 0 Å². The van der Waals surface area contributed by atoms with Gasteiger partial charge in [0.15, 0.2) is 5.82 Å². The van der Waals surface area contributed by atoms with Gasteiger partial charge in [-0.25, -0.2) is 4.98 Å². The molecule has 0 aliphatic carbocycles. The van der Waals surface area contributed by atoms with Crippen LogP contribution in [0.4, 0.5) is 11.4 Å². The van der Waals surface area contributed by atoms with Crippen LogP contribution in [-0.2, 0) is 6.54 Å². The molecule has 0 amide bonds. The third-order valence-electron chi connectivity index (χ3n) is 7.51. The molecule has 0 bridgehead atoms. The quantitative estimate of drug-likeness (QED) is 0.274. The second-order valence-electron chi connectivity index (χ2n) is 9.97. The fraction of sp³-hybridized carbons (Fsp3) is 0.194. The molecule has 8 heteroatoms. The third kappa shape index (κ3) is 4.89. The zero-order chi connectivity index (χ0) is 26.0. The SMILES string of the molecule is [CH]1Nc2ccccc2N1C1CCN(Cc2ccc(-c3nc(-c4cncs4)nnc3-c3ccccc3)cc2)CC1. The third-order valence-corrected chi connectivity index (χ3v) is 8.28. The molecule has 1 fully saturated rings. The van der Waals surface area contributed by atoms with Crippen LogP contribution in [0.2, 0.25) is 0 Å². The first kappa shape index (κ1) is 23.9. The molecule has 5 aromatic rings. The highest BCUT2D eigenvalue weighted by Crippen LogP contribution is 2.37. The summed E-state index contributed by atoms with van der Waals surface area (Å²) in [5.41, 5.74) is 9.25. The van der Waals surface area contributed by atoms with E-state index < -0.39 is 0 Å². The summed E-state index contributed by atoms with van der Waals surface area (Å²) < 4.78 is 0. The highest BCUT2D eigenvalue weighted by atomic mass is 32.1. The number of likely N-dealkylation sites (tertiary alicyclic amines) is 1. The van der Waals surface area contributed by atoms with E-state index >= 15 is 0 Å². The number of piperidine rings is 1. The molecule has 39 heavy (non-hydrogen) atoms. The van der Waals surface area contributed by atoms with Gasteiger partial charge in [-0.1, -0.05) is 66.7 Å². The summed E-state index contributed by atoms with van der Waals surface area (Å²) in [6, 6.07) is 28.0. The number of nitrogens with zero attached hydrogens (tertiary/aromatic N) is 6. The van der Waals surface area contributed by atoms with Gasteiger partial charge in [-0.2, -0.15) is 0 Å². The molecule has 7 nitrogen and oxygen atoms in total. The van der Waals surface area contributed by atoms with Gasteiger partial charge >= 0.3 is 0 Å². The van der Waals surface area contributed by atoms with Crippen molar-refractivity contribution in [3.63, 3.8) is 0 Å². The fourth-order valence-electron chi connectivity index (χ4n) is 5.46. The molecule has 4 heterocycles. The number of hydrogen-bond donors (Lipinski definition) is 1. The first-order chi connectivity index (χ1) is 19.3. The molecule has 2 aliphatic heterocycles. The number of nitrogens with one attached hydrogen (secondary N) is 1. The molecule has 0 unspecified atom stereocenters. The van der Waals surface area contributed by atoms with Crippen LogP contribution >= 0.6 is 11.3 Å². The average Bonchev–Trinajstić information content (AvgIpc) is 3.69. The van der Waals surface area contributed by atoms with E-state index in [1.807, 2.05) is 30.3 Å². The average molecular weight is 531 g/mol. The van der Waals surface area contributed by atoms with E-state index in [9.17, 15) is 0 Å². The molecule has 7 rings (SSSR count). The summed E-state index contributed by atoms with van der Waals surface area (Å²) in [6.07, 6.45) is 4.09. The van der Waals surface area contributed by atoms with Crippen LogP contribution in [0.15, 0.2) is 90.6 Å². The molecule has 2 aromatic heterocycles. The van der Waals surface area contributed by atoms with Crippen molar-refractivity contribution in [3.8, 4) is 33.2 Å². The smallest absolute Gasteiger partial charge is 0.194 e. The summed E-state index contributed by atoms with van der Waals surface area (Å²) in [7, 11) is 0. The number of aromatic nitrogens is 4. The Labute approximate surface area is 232 Å². The van der Waals surface area contributed by atoms with Crippen molar-refractivity contribution in [2.45, 2.75) is 25.4 Å². The Morgan fingerprint density at radius 1 is 0.821 bits per heavy atom. The Morgan fingerprint density at radius 3 is 2.38 bits per heavy atom. The van der Waals surface area contributed by atoms with E-state index in [1.165, 1.54) is 28.3 Å². The Kier molecular flexibility index (Phi) is 6.48. The normalized spacial score (nSPS) is 15.7. The number of rotatable bonds is 6. The lowest BCUT2D eigenvalue weighted by Gasteiger charge is -2.37. The molecule has 1 saturated heterocycles. The number of benzene rings is 3. The van der Waals surface area contributed by atoms with Crippen molar-refractivity contribution in [2.24, 2.45) is 0 Å². The zero-order valence-corrected chi connectivity index (χ0v) is 22.3. The van der Waals surface area contributed by atoms with Gasteiger partial charge in [-0.15, -0.1) is 21.5 Å². The van der Waals surface area contributed by atoms with Crippen LogP contribution < -0.4 is 10.2 Å². The van der Waals surface area contributed by atoms with Crippen LogP contribution in [0.5, 0.6) is 0 Å². The van der Waals surface area contributed by atoms with E-state index in [4.69, 9.17) is 4.98 Å². The predicted molar refractivity (Wildman–Crippen MR) is 157 cm³/mol. The maximum Gasteiger partial charge on any atom is 0.194 e. The lowest BCUT2D eigenvalue weighted by atomic mass is 10.0. The van der Waals surface area contributed by atoms with Gasteiger partial charge in [0, 0.05) is 43.0 Å². The molecule has 0 spiro atoms. The van der Waals surface area contributed by atoms with Gasteiger partial charge in [-0.05, 0) is 30.5 Å². The maximum atomic E-state index is 4.94. The minimum atomic E-state index is 0.536. The van der Waals surface area contributed by atoms with Gasteiger partial charge < -0.3 is 10.2 Å². The molecule has 1 radical (unpaired) electrons. The van der Waals surface area contributed by atoms with Crippen molar-refractivity contribution in [1.29, 1.82) is 0 Å². The fourth-order valence-corrected chi connectivity index (χ4v) is 6.01. The molecular formula is C31H28N7S. The van der Waals surface area contributed by atoms with Crippen LogP contribution in [0.3, 0.4) is 0 Å². The predicted octanol–water partition coefficient (Wildman–Crippen LogP) is 6.34. The standard InChI is InChI=1S/C31H28N7S/c1-2-6-23(7-3-1)30-29(34-31(36-35-30)28-18-32-21-39-28)24-12-10-22(11-13-24)19-37-16-14-25(15-17-37)38-20-33-26-8-4-5-9-27(26)38/h1-13,18,20-21,25,33H,14-17,19H2. The van der Waals surface area contributed by atoms with Gasteiger partial charge in [-0.3, -0.25) is 9.88 Å². The number of para-hydroxylation sites is 2. The van der Waals surface area contributed by atoms with Crippen molar-refractivity contribution in [2.75, 3.05) is 23.3 Å². The van der Waals surface area contributed by atoms with Gasteiger partial charge in [0.2, 0.25) is 0 Å². The van der Waals surface area contributed by atoms with Crippen molar-refractivity contribution in [3.05, 3.63) is 103 Å². The van der Waals surface area contributed by atoms with Crippen LogP contribution in [-0.4, -0.2) is 44.2 Å². The Balaban J connectivity index is 1.07. The summed E-state index contributed by atoms with van der Waals surface area (Å²) in [5.74, 6) is 0.604. The number of hydrogen-bond acceptors (Lipinski definition) is 8. The highest BCUT2D eigenvalue weighted by molar-refractivity contribution is 7.13. The van der Waals surface area contributed by atoms with E-state index in [-0.39, 0.29) is 0 Å². The minimum Gasteiger partial charge on any atom is -0.360 e. The molecular weight excluding hydrogens is 502 g/mol. The first-order valence-corrected chi connectivity index (χ1v) is 14.2. The number of thiazole rings is 1. The zero-order valence-electron chi connectivity index (χ0n) is 21.4. The Morgan fingerprint density at radius 2 is 1.59 bits per heavy atom. The van der Waals surface area contributed by atoms with Crippen LogP contribution in [0.1, 0.15) is 18.4 Å². The van der Waals surface area contributed by atoms with Crippen molar-refractivity contribution in [1.82, 2.24) is 25.1 Å². The van der Waals surface area contributed by atoms with Crippen LogP contribution in [0.25, 0.3) is 33.2 Å². The molecule has 2 aliphatic rings. The molecule has 3 aromatic carbocycles. The first-order valence-electron chi connectivity index (χ1n) is 13.3. The largest absolute Gasteiger partial charge is 0.360 e. The highest BCUT2D eigenvalue weighted by Gasteiger charge is 2.29. The summed E-state index contributed by atoms with van der Waals surface area (Å²) in [5, 5.41) is 12.4. The number of anilines is 2. The van der Waals surface area contributed by atoms with Gasteiger partial charge in [0.1, 0.15) is 18.1 Å². The lowest BCUT2D eigenvalue weighted by molar-refractivity contribution is 0.204. The topological polar surface area (TPSA) is 70.1 Å². The van der Waals surface area contributed by atoms with Gasteiger partial charge in [0.05, 0.1) is 21.8 Å². The molecule has 0 saturated carbocycles. The van der Waals surface area contributed by atoms with Crippen molar-refractivity contribution < 1.29 is 0 Å². The maximum absolute atomic E-state index is 4.94. The molecule has 0 atom stereocenters. The molecule has 193 valence electrons. The van der Waals surface area contributed by atoms with Crippen molar-refractivity contribution >= 4 is 22.7 Å². The minimum absolute atomic E-state index is 0.536. The second-order valence-corrected chi connectivity index (χ2v) is 10.9.